The third kappa shape index (κ3) is 2.04. The number of imidazole rings is 1. The SMILES string of the molecule is CCCCn1c(C)nc2ccc(Br)nc21. The van der Waals surface area contributed by atoms with E-state index in [1.54, 1.807) is 0 Å². The second kappa shape index (κ2) is 4.31. The maximum atomic E-state index is 4.49. The van der Waals surface area contributed by atoms with Crippen molar-refractivity contribution in [3.05, 3.63) is 22.6 Å². The fourth-order valence-electron chi connectivity index (χ4n) is 1.68. The summed E-state index contributed by atoms with van der Waals surface area (Å²) >= 11 is 3.39. The molecule has 0 unspecified atom stereocenters. The molecule has 0 saturated carbocycles. The van der Waals surface area contributed by atoms with E-state index in [1.165, 1.54) is 12.8 Å². The molecule has 0 aliphatic heterocycles. The lowest BCUT2D eigenvalue weighted by Crippen LogP contribution is -2.01. The van der Waals surface area contributed by atoms with Gasteiger partial charge in [0.05, 0.1) is 0 Å². The summed E-state index contributed by atoms with van der Waals surface area (Å²) in [6, 6.07) is 3.93. The molecule has 0 radical (unpaired) electrons. The molecule has 2 aromatic rings. The van der Waals surface area contributed by atoms with Crippen LogP contribution in [0, 0.1) is 6.92 Å². The first-order valence-electron chi connectivity index (χ1n) is 5.21. The average Bonchev–Trinajstić information content (AvgIpc) is 2.51. The van der Waals surface area contributed by atoms with Crippen LogP contribution in [-0.4, -0.2) is 14.5 Å². The minimum atomic E-state index is 0.868. The summed E-state index contributed by atoms with van der Waals surface area (Å²) in [5.41, 5.74) is 1.96. The van der Waals surface area contributed by atoms with Crippen molar-refractivity contribution in [2.75, 3.05) is 0 Å². The number of nitrogens with zero attached hydrogens (tertiary/aromatic N) is 3. The molecule has 2 rings (SSSR count). The molecule has 0 spiro atoms. The molecule has 3 nitrogen and oxygen atoms in total. The zero-order chi connectivity index (χ0) is 10.8. The second-order valence-corrected chi connectivity index (χ2v) is 4.45. The van der Waals surface area contributed by atoms with E-state index in [0.29, 0.717) is 0 Å². The van der Waals surface area contributed by atoms with Crippen molar-refractivity contribution in [2.24, 2.45) is 0 Å². The van der Waals surface area contributed by atoms with Gasteiger partial charge < -0.3 is 4.57 Å². The molecule has 0 aliphatic rings. The van der Waals surface area contributed by atoms with Gasteiger partial charge in [-0.3, -0.25) is 0 Å². The molecule has 0 N–H and O–H groups in total. The molecule has 0 bridgehead atoms. The van der Waals surface area contributed by atoms with Crippen molar-refractivity contribution < 1.29 is 0 Å². The quantitative estimate of drug-likeness (QED) is 0.799. The first kappa shape index (κ1) is 10.6. The van der Waals surface area contributed by atoms with Gasteiger partial charge in [0, 0.05) is 6.54 Å². The van der Waals surface area contributed by atoms with Crippen molar-refractivity contribution in [3.8, 4) is 0 Å². The van der Waals surface area contributed by atoms with Gasteiger partial charge in [-0.25, -0.2) is 9.97 Å². The van der Waals surface area contributed by atoms with Gasteiger partial charge in [0.2, 0.25) is 0 Å². The Bertz CT molecular complexity index is 476. The fraction of sp³-hybridized carbons (Fsp3) is 0.455. The zero-order valence-corrected chi connectivity index (χ0v) is 10.6. The van der Waals surface area contributed by atoms with Gasteiger partial charge in [0.1, 0.15) is 15.9 Å². The van der Waals surface area contributed by atoms with Crippen molar-refractivity contribution in [1.82, 2.24) is 14.5 Å². The minimum absolute atomic E-state index is 0.868. The summed E-state index contributed by atoms with van der Waals surface area (Å²) in [4.78, 5) is 8.95. The van der Waals surface area contributed by atoms with Gasteiger partial charge in [0.25, 0.3) is 0 Å². The van der Waals surface area contributed by atoms with E-state index in [9.17, 15) is 0 Å². The van der Waals surface area contributed by atoms with Gasteiger partial charge in [-0.1, -0.05) is 13.3 Å². The van der Waals surface area contributed by atoms with Gasteiger partial charge in [0.15, 0.2) is 5.65 Å². The van der Waals surface area contributed by atoms with Crippen LogP contribution < -0.4 is 0 Å². The van der Waals surface area contributed by atoms with Crippen LogP contribution in [0.3, 0.4) is 0 Å². The van der Waals surface area contributed by atoms with Crippen LogP contribution in [-0.2, 0) is 6.54 Å². The van der Waals surface area contributed by atoms with E-state index in [0.717, 1.165) is 28.1 Å². The topological polar surface area (TPSA) is 30.7 Å². The van der Waals surface area contributed by atoms with E-state index in [-0.39, 0.29) is 0 Å². The van der Waals surface area contributed by atoms with E-state index in [2.05, 4.69) is 37.4 Å². The standard InChI is InChI=1S/C11H14BrN3/c1-3-4-7-15-8(2)13-9-5-6-10(12)14-11(9)15/h5-6H,3-4,7H2,1-2H3. The van der Waals surface area contributed by atoms with Crippen LogP contribution in [0.15, 0.2) is 16.7 Å². The van der Waals surface area contributed by atoms with Crippen molar-refractivity contribution in [2.45, 2.75) is 33.2 Å². The predicted octanol–water partition coefficient (Wildman–Crippen LogP) is 3.30. The number of rotatable bonds is 3. The van der Waals surface area contributed by atoms with Gasteiger partial charge in [-0.15, -0.1) is 0 Å². The van der Waals surface area contributed by atoms with Gasteiger partial charge in [-0.05, 0) is 41.4 Å². The van der Waals surface area contributed by atoms with Gasteiger partial charge in [-0.2, -0.15) is 0 Å². The molecule has 4 heteroatoms. The Labute approximate surface area is 97.7 Å². The Balaban J connectivity index is 2.50. The fourth-order valence-corrected chi connectivity index (χ4v) is 1.98. The van der Waals surface area contributed by atoms with Crippen molar-refractivity contribution in [1.29, 1.82) is 0 Å². The molecule has 80 valence electrons. The number of pyridine rings is 1. The Hall–Kier alpha value is -0.900. The zero-order valence-electron chi connectivity index (χ0n) is 9.00. The number of hydrogen-bond acceptors (Lipinski definition) is 2. The van der Waals surface area contributed by atoms with Crippen LogP contribution in [0.5, 0.6) is 0 Å². The van der Waals surface area contributed by atoms with Crippen molar-refractivity contribution >= 4 is 27.1 Å². The Morgan fingerprint density at radius 1 is 1.33 bits per heavy atom. The maximum Gasteiger partial charge on any atom is 0.161 e. The molecule has 0 saturated heterocycles. The van der Waals surface area contributed by atoms with Crippen LogP contribution in [0.25, 0.3) is 11.2 Å². The lowest BCUT2D eigenvalue weighted by Gasteiger charge is -2.04. The first-order chi connectivity index (χ1) is 7.22. The third-order valence-electron chi connectivity index (χ3n) is 2.48. The molecule has 0 fully saturated rings. The van der Waals surface area contributed by atoms with Crippen molar-refractivity contribution in [3.63, 3.8) is 0 Å². The summed E-state index contributed by atoms with van der Waals surface area (Å²) < 4.78 is 3.05. The lowest BCUT2D eigenvalue weighted by atomic mass is 10.3. The normalized spacial score (nSPS) is 11.1. The average molecular weight is 268 g/mol. The number of aryl methyl sites for hydroxylation is 2. The highest BCUT2D eigenvalue weighted by Crippen LogP contribution is 2.17. The molecule has 2 heterocycles. The van der Waals surface area contributed by atoms with Crippen LogP contribution in [0.2, 0.25) is 0 Å². The summed E-state index contributed by atoms with van der Waals surface area (Å²) in [5.74, 6) is 1.05. The molecule has 0 amide bonds. The summed E-state index contributed by atoms with van der Waals surface area (Å²) in [6.07, 6.45) is 2.35. The first-order valence-corrected chi connectivity index (χ1v) is 6.01. The number of unbranched alkanes of at least 4 members (excludes halogenated alkanes) is 1. The highest BCUT2D eigenvalue weighted by atomic mass is 79.9. The van der Waals surface area contributed by atoms with Gasteiger partial charge >= 0.3 is 0 Å². The van der Waals surface area contributed by atoms with E-state index >= 15 is 0 Å². The van der Waals surface area contributed by atoms with Crippen LogP contribution in [0.4, 0.5) is 0 Å². The number of fused-ring (bicyclic) bond motifs is 1. The summed E-state index contributed by atoms with van der Waals surface area (Å²) in [6.45, 7) is 5.23. The van der Waals surface area contributed by atoms with E-state index in [4.69, 9.17) is 0 Å². The molecule has 0 aromatic carbocycles. The molecular formula is C11H14BrN3. The Morgan fingerprint density at radius 2 is 2.13 bits per heavy atom. The monoisotopic (exact) mass is 267 g/mol. The summed E-state index contributed by atoms with van der Waals surface area (Å²) in [7, 11) is 0. The molecule has 0 atom stereocenters. The Morgan fingerprint density at radius 3 is 2.87 bits per heavy atom. The highest BCUT2D eigenvalue weighted by molar-refractivity contribution is 9.10. The van der Waals surface area contributed by atoms with E-state index in [1.807, 2.05) is 19.1 Å². The lowest BCUT2D eigenvalue weighted by molar-refractivity contribution is 0.626. The predicted molar refractivity (Wildman–Crippen MR) is 64.9 cm³/mol. The maximum absolute atomic E-state index is 4.49. The second-order valence-electron chi connectivity index (χ2n) is 3.64. The van der Waals surface area contributed by atoms with E-state index < -0.39 is 0 Å². The molecular weight excluding hydrogens is 254 g/mol. The smallest absolute Gasteiger partial charge is 0.161 e. The number of hydrogen-bond donors (Lipinski definition) is 0. The summed E-state index contributed by atoms with van der Waals surface area (Å²) in [5, 5.41) is 0. The number of aromatic nitrogens is 3. The molecule has 2 aromatic heterocycles. The largest absolute Gasteiger partial charge is 0.313 e. The third-order valence-corrected chi connectivity index (χ3v) is 2.93. The highest BCUT2D eigenvalue weighted by Gasteiger charge is 2.08. The Kier molecular flexibility index (Phi) is 3.05. The van der Waals surface area contributed by atoms with Crippen LogP contribution in [0.1, 0.15) is 25.6 Å². The minimum Gasteiger partial charge on any atom is -0.313 e. The molecule has 15 heavy (non-hydrogen) atoms. The molecule has 0 aliphatic carbocycles. The van der Waals surface area contributed by atoms with Crippen LogP contribution >= 0.6 is 15.9 Å². The number of halogens is 1.